The molecule has 0 unspecified atom stereocenters. The van der Waals surface area contributed by atoms with E-state index in [0.29, 0.717) is 13.0 Å². The molecule has 0 radical (unpaired) electrons. The number of nitrogens with one attached hydrogen (secondary N) is 1. The highest BCUT2D eigenvalue weighted by atomic mass is 32.2. The average molecular weight is 356 g/mol. The van der Waals surface area contributed by atoms with Crippen molar-refractivity contribution in [3.8, 4) is 0 Å². The molecule has 130 valence electrons. The van der Waals surface area contributed by atoms with Gasteiger partial charge in [0.2, 0.25) is 20.0 Å². The molecule has 0 saturated carbocycles. The van der Waals surface area contributed by atoms with Gasteiger partial charge in [0.05, 0.1) is 24.6 Å². The molecule has 0 bridgehead atoms. The molecule has 0 aromatic carbocycles. The van der Waals surface area contributed by atoms with E-state index in [1.54, 1.807) is 0 Å². The molecule has 1 fully saturated rings. The normalized spacial score (nSPS) is 20.9. The Balaban J connectivity index is 0.000000409. The van der Waals surface area contributed by atoms with Crippen molar-refractivity contribution in [1.29, 1.82) is 0 Å². The van der Waals surface area contributed by atoms with Crippen molar-refractivity contribution in [3.05, 3.63) is 0 Å². The molecule has 8 nitrogen and oxygen atoms in total. The van der Waals surface area contributed by atoms with Crippen molar-refractivity contribution in [3.63, 3.8) is 0 Å². The Morgan fingerprint density at radius 1 is 1.14 bits per heavy atom. The molecule has 0 aromatic rings. The van der Waals surface area contributed by atoms with Crippen LogP contribution < -0.4 is 4.72 Å². The van der Waals surface area contributed by atoms with Gasteiger partial charge in [-0.25, -0.2) is 21.6 Å². The van der Waals surface area contributed by atoms with Gasteiger partial charge in [-0.05, 0) is 33.6 Å². The van der Waals surface area contributed by atoms with E-state index in [-0.39, 0.29) is 11.6 Å². The minimum Gasteiger partial charge on any atom is -0.298 e. The van der Waals surface area contributed by atoms with Crippen molar-refractivity contribution in [2.45, 2.75) is 45.7 Å². The lowest BCUT2D eigenvalue weighted by molar-refractivity contribution is -0.120. The minimum atomic E-state index is -3.24. The lowest BCUT2D eigenvalue weighted by atomic mass is 10.2. The van der Waals surface area contributed by atoms with Crippen LogP contribution in [0.2, 0.25) is 0 Å². The van der Waals surface area contributed by atoms with Crippen LogP contribution in [0.1, 0.15) is 33.6 Å². The quantitative estimate of drug-likeness (QED) is 0.710. The van der Waals surface area contributed by atoms with E-state index in [4.69, 9.17) is 0 Å². The molecular weight excluding hydrogens is 332 g/mol. The second-order valence-corrected chi connectivity index (χ2v) is 9.08. The fourth-order valence-electron chi connectivity index (χ4n) is 1.95. The summed E-state index contributed by atoms with van der Waals surface area (Å²) in [7, 11) is -6.42. The van der Waals surface area contributed by atoms with E-state index in [0.717, 1.165) is 18.9 Å². The predicted octanol–water partition coefficient (Wildman–Crippen LogP) is -0.487. The number of carbonyl (C=O) groups is 2. The van der Waals surface area contributed by atoms with Crippen molar-refractivity contribution in [2.24, 2.45) is 0 Å². The molecule has 2 atom stereocenters. The molecule has 1 heterocycles. The molecule has 1 aliphatic rings. The van der Waals surface area contributed by atoms with Gasteiger partial charge in [-0.3, -0.25) is 9.59 Å². The van der Waals surface area contributed by atoms with Crippen molar-refractivity contribution in [1.82, 2.24) is 9.03 Å². The maximum Gasteiger partial charge on any atom is 0.211 e. The smallest absolute Gasteiger partial charge is 0.211 e. The van der Waals surface area contributed by atoms with E-state index in [1.807, 2.05) is 0 Å². The number of nitrogens with zero attached hydrogens (tertiary/aromatic N) is 1. The molecule has 0 amide bonds. The third-order valence-corrected chi connectivity index (χ3v) is 5.17. The molecule has 0 aliphatic carbocycles. The first-order valence-electron chi connectivity index (χ1n) is 6.70. The topological polar surface area (TPSA) is 118 Å². The fraction of sp³-hybridized carbons (Fsp3) is 0.833. The number of hydrogen-bond donors (Lipinski definition) is 1. The Hall–Kier alpha value is -0.840. The predicted molar refractivity (Wildman–Crippen MR) is 83.4 cm³/mol. The number of rotatable bonds is 5. The molecule has 1 rings (SSSR count). The Morgan fingerprint density at radius 3 is 1.86 bits per heavy atom. The summed E-state index contributed by atoms with van der Waals surface area (Å²) in [6.07, 6.45) is 3.63. The molecule has 22 heavy (non-hydrogen) atoms. The van der Waals surface area contributed by atoms with Gasteiger partial charge in [0, 0.05) is 6.54 Å². The van der Waals surface area contributed by atoms with Crippen LogP contribution >= 0.6 is 0 Å². The van der Waals surface area contributed by atoms with Gasteiger partial charge in [0.15, 0.2) is 0 Å². The van der Waals surface area contributed by atoms with Crippen LogP contribution in [-0.4, -0.2) is 63.8 Å². The Morgan fingerprint density at radius 2 is 1.64 bits per heavy atom. The standard InChI is InChI=1S/C7H13NO3S.C5H11NO3S/c1-6(9)7-4-3-5-8(7)12(2,10)11;1-4(5(2)7)6-10(3,8)9/h7H,3-5H2,1-2H3;4,6H,1-3H3/t7-;4-/m00/s1. The molecule has 10 heteroatoms. The first kappa shape index (κ1) is 21.2. The molecule has 0 aromatic heterocycles. The number of sulfonamides is 2. The third-order valence-electron chi connectivity index (χ3n) is 3.10. The minimum absolute atomic E-state index is 0.0575. The molecule has 0 spiro atoms. The van der Waals surface area contributed by atoms with E-state index in [1.165, 1.54) is 25.1 Å². The summed E-state index contributed by atoms with van der Waals surface area (Å²) in [6.45, 7) is 4.77. The van der Waals surface area contributed by atoms with Crippen LogP contribution in [0.3, 0.4) is 0 Å². The number of Topliss-reactive ketones (excluding diaryl/α,β-unsaturated/α-hetero) is 2. The summed E-state index contributed by atoms with van der Waals surface area (Å²) in [4.78, 5) is 21.5. The second-order valence-electron chi connectivity index (χ2n) is 5.36. The monoisotopic (exact) mass is 356 g/mol. The van der Waals surface area contributed by atoms with Gasteiger partial charge in [0.1, 0.15) is 11.6 Å². The van der Waals surface area contributed by atoms with Gasteiger partial charge >= 0.3 is 0 Å². The van der Waals surface area contributed by atoms with E-state index >= 15 is 0 Å². The highest BCUT2D eigenvalue weighted by molar-refractivity contribution is 7.88. The molecule has 1 aliphatic heterocycles. The maximum absolute atomic E-state index is 11.1. The highest BCUT2D eigenvalue weighted by Crippen LogP contribution is 2.20. The van der Waals surface area contributed by atoms with Crippen molar-refractivity contribution < 1.29 is 26.4 Å². The largest absolute Gasteiger partial charge is 0.298 e. The Kier molecular flexibility index (Phi) is 7.83. The second kappa shape index (κ2) is 8.14. The summed E-state index contributed by atoms with van der Waals surface area (Å²) in [5, 5.41) is 0. The number of hydrogen-bond acceptors (Lipinski definition) is 6. The fourth-order valence-corrected chi connectivity index (χ4v) is 3.93. The lowest BCUT2D eigenvalue weighted by Gasteiger charge is -2.18. The van der Waals surface area contributed by atoms with Gasteiger partial charge in [0.25, 0.3) is 0 Å². The van der Waals surface area contributed by atoms with E-state index < -0.39 is 32.1 Å². The summed E-state index contributed by atoms with van der Waals surface area (Å²) in [5.74, 6) is -0.247. The summed E-state index contributed by atoms with van der Waals surface area (Å²) in [6, 6.07) is -1.02. The first-order valence-corrected chi connectivity index (χ1v) is 10.4. The lowest BCUT2D eigenvalue weighted by Crippen LogP contribution is -2.38. The van der Waals surface area contributed by atoms with Crippen LogP contribution in [0.5, 0.6) is 0 Å². The zero-order chi connectivity index (χ0) is 17.7. The number of carbonyl (C=O) groups excluding carboxylic acids is 2. The first-order chi connectivity index (χ1) is 9.75. The van der Waals surface area contributed by atoms with Crippen LogP contribution in [0.25, 0.3) is 0 Å². The SMILES string of the molecule is CC(=O)[C@@H]1CCCN1S(C)(=O)=O.CC(=O)[C@H](C)NS(C)(=O)=O. The zero-order valence-electron chi connectivity index (χ0n) is 13.5. The zero-order valence-corrected chi connectivity index (χ0v) is 15.1. The molecule has 1 N–H and O–H groups in total. The van der Waals surface area contributed by atoms with Gasteiger partial charge in [-0.15, -0.1) is 0 Å². The average Bonchev–Trinajstić information content (AvgIpc) is 2.75. The molecule has 1 saturated heterocycles. The van der Waals surface area contributed by atoms with Crippen LogP contribution in [0, 0.1) is 0 Å². The van der Waals surface area contributed by atoms with E-state index in [9.17, 15) is 26.4 Å². The van der Waals surface area contributed by atoms with E-state index in [2.05, 4.69) is 4.72 Å². The van der Waals surface area contributed by atoms with Crippen LogP contribution in [0.4, 0.5) is 0 Å². The van der Waals surface area contributed by atoms with Crippen molar-refractivity contribution >= 4 is 31.6 Å². The summed E-state index contributed by atoms with van der Waals surface area (Å²) < 4.78 is 46.6. The summed E-state index contributed by atoms with van der Waals surface area (Å²) >= 11 is 0. The van der Waals surface area contributed by atoms with Gasteiger partial charge < -0.3 is 0 Å². The maximum atomic E-state index is 11.1. The molecular formula is C12H24N2O6S2. The van der Waals surface area contributed by atoms with Crippen LogP contribution in [0.15, 0.2) is 0 Å². The Bertz CT molecular complexity index is 612. The third kappa shape index (κ3) is 7.97. The summed E-state index contributed by atoms with van der Waals surface area (Å²) in [5.41, 5.74) is 0. The highest BCUT2D eigenvalue weighted by Gasteiger charge is 2.33. The van der Waals surface area contributed by atoms with Gasteiger partial charge in [-0.1, -0.05) is 0 Å². The van der Waals surface area contributed by atoms with Crippen molar-refractivity contribution in [2.75, 3.05) is 19.1 Å². The Labute approximate surface area is 132 Å². The van der Waals surface area contributed by atoms with Crippen LogP contribution in [-0.2, 0) is 29.6 Å². The number of ketones is 2. The van der Waals surface area contributed by atoms with Gasteiger partial charge in [-0.2, -0.15) is 4.31 Å².